The van der Waals surface area contributed by atoms with Crippen molar-refractivity contribution in [3.8, 4) is 11.4 Å². The fourth-order valence-corrected chi connectivity index (χ4v) is 3.37. The lowest BCUT2D eigenvalue weighted by Crippen LogP contribution is -2.46. The van der Waals surface area contributed by atoms with E-state index in [9.17, 15) is 0 Å². The van der Waals surface area contributed by atoms with Gasteiger partial charge in [0.15, 0.2) is 5.82 Å². The molecule has 0 N–H and O–H groups in total. The molecule has 24 heavy (non-hydrogen) atoms. The summed E-state index contributed by atoms with van der Waals surface area (Å²) >= 11 is 0. The summed E-state index contributed by atoms with van der Waals surface area (Å²) in [6, 6.07) is 18.4. The lowest BCUT2D eigenvalue weighted by molar-refractivity contribution is -0.00536. The van der Waals surface area contributed by atoms with Crippen molar-refractivity contribution in [3.05, 3.63) is 54.6 Å². The Morgan fingerprint density at radius 1 is 0.875 bits per heavy atom. The average molecular weight is 319 g/mol. The van der Waals surface area contributed by atoms with Crippen molar-refractivity contribution in [2.24, 2.45) is 0 Å². The number of fused-ring (bicyclic) bond motifs is 1. The SMILES string of the molecule is C[C@@H]1CN(c2nc(-c3ccccc3)nc3ccccc23)C[C@@H](C)O1. The second-order valence-corrected chi connectivity index (χ2v) is 6.42. The molecule has 1 saturated heterocycles. The Bertz CT molecular complexity index is 840. The number of benzene rings is 2. The molecule has 3 aromatic rings. The lowest BCUT2D eigenvalue weighted by atomic mass is 10.1. The summed E-state index contributed by atoms with van der Waals surface area (Å²) in [7, 11) is 0. The molecule has 0 saturated carbocycles. The quantitative estimate of drug-likeness (QED) is 0.718. The molecular formula is C20H21N3O. The fraction of sp³-hybridized carbons (Fsp3) is 0.300. The van der Waals surface area contributed by atoms with E-state index >= 15 is 0 Å². The first-order valence-electron chi connectivity index (χ1n) is 8.43. The van der Waals surface area contributed by atoms with E-state index in [1.165, 1.54) is 0 Å². The van der Waals surface area contributed by atoms with Gasteiger partial charge in [-0.15, -0.1) is 0 Å². The van der Waals surface area contributed by atoms with Gasteiger partial charge in [0.25, 0.3) is 0 Å². The minimum Gasteiger partial charge on any atom is -0.372 e. The Labute approximate surface area is 142 Å². The van der Waals surface area contributed by atoms with Crippen LogP contribution < -0.4 is 4.90 Å². The largest absolute Gasteiger partial charge is 0.372 e. The topological polar surface area (TPSA) is 38.2 Å². The first-order chi connectivity index (χ1) is 11.7. The van der Waals surface area contributed by atoms with Crippen molar-refractivity contribution in [1.29, 1.82) is 0 Å². The minimum atomic E-state index is 0.197. The second kappa shape index (κ2) is 6.21. The maximum atomic E-state index is 5.88. The van der Waals surface area contributed by atoms with E-state index in [1.54, 1.807) is 0 Å². The third-order valence-electron chi connectivity index (χ3n) is 4.33. The zero-order valence-electron chi connectivity index (χ0n) is 14.0. The number of nitrogens with zero attached hydrogens (tertiary/aromatic N) is 3. The van der Waals surface area contributed by atoms with Crippen LogP contribution in [0, 0.1) is 0 Å². The molecule has 0 bridgehead atoms. The van der Waals surface area contributed by atoms with E-state index in [-0.39, 0.29) is 12.2 Å². The minimum absolute atomic E-state index is 0.197. The highest BCUT2D eigenvalue weighted by Crippen LogP contribution is 2.29. The third-order valence-corrected chi connectivity index (χ3v) is 4.33. The number of ether oxygens (including phenoxy) is 1. The molecule has 1 fully saturated rings. The molecule has 122 valence electrons. The Kier molecular flexibility index (Phi) is 3.90. The summed E-state index contributed by atoms with van der Waals surface area (Å²) in [5, 5.41) is 1.10. The Morgan fingerprint density at radius 2 is 1.54 bits per heavy atom. The molecular weight excluding hydrogens is 298 g/mol. The van der Waals surface area contributed by atoms with Crippen LogP contribution in [0.1, 0.15) is 13.8 Å². The van der Waals surface area contributed by atoms with Gasteiger partial charge in [-0.25, -0.2) is 9.97 Å². The molecule has 2 atom stereocenters. The van der Waals surface area contributed by atoms with E-state index < -0.39 is 0 Å². The third kappa shape index (κ3) is 2.85. The van der Waals surface area contributed by atoms with Crippen LogP contribution in [0.4, 0.5) is 5.82 Å². The number of para-hydroxylation sites is 1. The van der Waals surface area contributed by atoms with Crippen LogP contribution in [0.15, 0.2) is 54.6 Å². The average Bonchev–Trinajstić information content (AvgIpc) is 2.60. The molecule has 4 heteroatoms. The number of hydrogen-bond donors (Lipinski definition) is 0. The summed E-state index contributed by atoms with van der Waals surface area (Å²) in [4.78, 5) is 12.0. The molecule has 2 heterocycles. The highest BCUT2D eigenvalue weighted by atomic mass is 16.5. The van der Waals surface area contributed by atoms with E-state index in [2.05, 4.69) is 43.0 Å². The van der Waals surface area contributed by atoms with Gasteiger partial charge in [-0.3, -0.25) is 0 Å². The van der Waals surface area contributed by atoms with Crippen molar-refractivity contribution < 1.29 is 4.74 Å². The second-order valence-electron chi connectivity index (χ2n) is 6.42. The number of rotatable bonds is 2. The van der Waals surface area contributed by atoms with Crippen LogP contribution in [-0.4, -0.2) is 35.3 Å². The smallest absolute Gasteiger partial charge is 0.162 e. The highest BCUT2D eigenvalue weighted by molar-refractivity contribution is 5.91. The first-order valence-corrected chi connectivity index (χ1v) is 8.43. The summed E-state index contributed by atoms with van der Waals surface area (Å²) in [5.74, 6) is 1.78. The molecule has 1 aromatic heterocycles. The van der Waals surface area contributed by atoms with E-state index in [1.807, 2.05) is 30.3 Å². The monoisotopic (exact) mass is 319 g/mol. The highest BCUT2D eigenvalue weighted by Gasteiger charge is 2.25. The van der Waals surface area contributed by atoms with Gasteiger partial charge in [0, 0.05) is 24.0 Å². The maximum absolute atomic E-state index is 5.88. The van der Waals surface area contributed by atoms with Crippen LogP contribution in [0.3, 0.4) is 0 Å². The van der Waals surface area contributed by atoms with E-state index in [0.29, 0.717) is 0 Å². The van der Waals surface area contributed by atoms with Gasteiger partial charge < -0.3 is 9.64 Å². The van der Waals surface area contributed by atoms with Gasteiger partial charge in [0.05, 0.1) is 17.7 Å². The summed E-state index contributed by atoms with van der Waals surface area (Å²) in [6.07, 6.45) is 0.394. The fourth-order valence-electron chi connectivity index (χ4n) is 3.37. The molecule has 4 nitrogen and oxygen atoms in total. The number of morpholine rings is 1. The predicted octanol–water partition coefficient (Wildman–Crippen LogP) is 3.91. The molecule has 1 aliphatic rings. The molecule has 0 spiro atoms. The van der Waals surface area contributed by atoms with Crippen molar-refractivity contribution >= 4 is 16.7 Å². The van der Waals surface area contributed by atoms with Crippen LogP contribution in [0.5, 0.6) is 0 Å². The summed E-state index contributed by atoms with van der Waals surface area (Å²) < 4.78 is 5.88. The van der Waals surface area contributed by atoms with Crippen molar-refractivity contribution in [3.63, 3.8) is 0 Å². The van der Waals surface area contributed by atoms with E-state index in [0.717, 1.165) is 41.2 Å². The Morgan fingerprint density at radius 3 is 2.29 bits per heavy atom. The molecule has 0 amide bonds. The van der Waals surface area contributed by atoms with Gasteiger partial charge in [-0.1, -0.05) is 42.5 Å². The zero-order chi connectivity index (χ0) is 16.5. The molecule has 2 aromatic carbocycles. The van der Waals surface area contributed by atoms with Gasteiger partial charge >= 0.3 is 0 Å². The lowest BCUT2D eigenvalue weighted by Gasteiger charge is -2.36. The van der Waals surface area contributed by atoms with Crippen LogP contribution in [0.2, 0.25) is 0 Å². The van der Waals surface area contributed by atoms with Crippen LogP contribution in [-0.2, 0) is 4.74 Å². The van der Waals surface area contributed by atoms with Crippen LogP contribution in [0.25, 0.3) is 22.3 Å². The van der Waals surface area contributed by atoms with Gasteiger partial charge in [0.2, 0.25) is 0 Å². The summed E-state index contributed by atoms with van der Waals surface area (Å²) in [5.41, 5.74) is 2.02. The molecule has 1 aliphatic heterocycles. The standard InChI is InChI=1S/C20H21N3O/c1-14-12-23(13-15(2)24-14)20-17-10-6-7-11-18(17)21-19(22-20)16-8-4-3-5-9-16/h3-11,14-15H,12-13H2,1-2H3/t14-,15-/m1/s1. The zero-order valence-corrected chi connectivity index (χ0v) is 14.0. The maximum Gasteiger partial charge on any atom is 0.162 e. The summed E-state index contributed by atoms with van der Waals surface area (Å²) in [6.45, 7) is 5.92. The van der Waals surface area contributed by atoms with Crippen LogP contribution >= 0.6 is 0 Å². The Hall–Kier alpha value is -2.46. The first kappa shape index (κ1) is 15.1. The van der Waals surface area contributed by atoms with Gasteiger partial charge in [0.1, 0.15) is 5.82 Å². The van der Waals surface area contributed by atoms with E-state index in [4.69, 9.17) is 14.7 Å². The van der Waals surface area contributed by atoms with Gasteiger partial charge in [-0.2, -0.15) is 0 Å². The number of aromatic nitrogens is 2. The molecule has 0 radical (unpaired) electrons. The Balaban J connectivity index is 1.87. The molecule has 0 unspecified atom stereocenters. The van der Waals surface area contributed by atoms with Crippen molar-refractivity contribution in [1.82, 2.24) is 9.97 Å². The number of hydrogen-bond acceptors (Lipinski definition) is 4. The predicted molar refractivity (Wildman–Crippen MR) is 97.2 cm³/mol. The molecule has 4 rings (SSSR count). The molecule has 0 aliphatic carbocycles. The van der Waals surface area contributed by atoms with Gasteiger partial charge in [-0.05, 0) is 26.0 Å². The number of anilines is 1. The normalized spacial score (nSPS) is 21.2. The van der Waals surface area contributed by atoms with Crippen molar-refractivity contribution in [2.75, 3.05) is 18.0 Å². The van der Waals surface area contributed by atoms with Crippen molar-refractivity contribution in [2.45, 2.75) is 26.1 Å².